The van der Waals surface area contributed by atoms with Crippen LogP contribution in [0.25, 0.3) is 0 Å². The number of hydrogen-bond donors (Lipinski definition) is 2. The molecule has 2 N–H and O–H groups in total. The van der Waals surface area contributed by atoms with Crippen molar-refractivity contribution >= 4 is 13.7 Å². The zero-order valence-electron chi connectivity index (χ0n) is 49.5. The third-order valence-electron chi connectivity index (χ3n) is 14.2. The van der Waals surface area contributed by atoms with E-state index in [9.17, 15) is 19.4 Å². The van der Waals surface area contributed by atoms with Gasteiger partial charge >= 0.3 is 0 Å². The average Bonchev–Trinajstić information content (AvgIpc) is 3.36. The lowest BCUT2D eigenvalue weighted by molar-refractivity contribution is -0.870. The Morgan fingerprint density at radius 3 is 1.18 bits per heavy atom. The van der Waals surface area contributed by atoms with Crippen LogP contribution in [0.15, 0.2) is 60.8 Å². The highest BCUT2D eigenvalue weighted by molar-refractivity contribution is 7.45. The molecular weight excluding hydrogens is 936 g/mol. The summed E-state index contributed by atoms with van der Waals surface area (Å²) in [6.45, 7) is 4.65. The number of nitrogens with one attached hydrogen (secondary N) is 1. The molecular formula is C65H123N2O6P. The quantitative estimate of drug-likeness (QED) is 0.0272. The summed E-state index contributed by atoms with van der Waals surface area (Å²) >= 11 is 0. The second-order valence-corrected chi connectivity index (χ2v) is 24.2. The van der Waals surface area contributed by atoms with Crippen LogP contribution in [0.4, 0.5) is 0 Å². The second kappa shape index (κ2) is 55.9. The van der Waals surface area contributed by atoms with Gasteiger partial charge in [0.25, 0.3) is 7.82 Å². The molecule has 9 heteroatoms. The largest absolute Gasteiger partial charge is 0.756 e. The number of quaternary nitrogens is 1. The number of rotatable bonds is 58. The maximum Gasteiger partial charge on any atom is 0.268 e. The maximum absolute atomic E-state index is 13.0. The van der Waals surface area contributed by atoms with Gasteiger partial charge in [-0.1, -0.05) is 274 Å². The molecule has 0 rings (SSSR count). The van der Waals surface area contributed by atoms with E-state index in [-0.39, 0.29) is 12.5 Å². The number of phosphoric ester groups is 1. The summed E-state index contributed by atoms with van der Waals surface area (Å²) in [6, 6.07) is -0.914. The number of nitrogens with zero attached hydrogens (tertiary/aromatic N) is 1. The molecule has 0 aliphatic rings. The molecule has 0 saturated carbocycles. The molecule has 0 heterocycles. The predicted octanol–water partition coefficient (Wildman–Crippen LogP) is 19.0. The number of aliphatic hydroxyl groups is 1. The fourth-order valence-corrected chi connectivity index (χ4v) is 9.94. The number of unbranched alkanes of at least 4 members (excludes halogenated alkanes) is 37. The molecule has 0 saturated heterocycles. The Hall–Kier alpha value is -1.80. The van der Waals surface area contributed by atoms with Crippen LogP contribution in [-0.4, -0.2) is 68.5 Å². The van der Waals surface area contributed by atoms with Crippen molar-refractivity contribution in [3.05, 3.63) is 60.8 Å². The monoisotopic (exact) mass is 1060 g/mol. The van der Waals surface area contributed by atoms with Crippen molar-refractivity contribution in [1.82, 2.24) is 5.32 Å². The number of hydrogen-bond acceptors (Lipinski definition) is 6. The van der Waals surface area contributed by atoms with Gasteiger partial charge < -0.3 is 28.8 Å². The first-order chi connectivity index (χ1) is 36.0. The zero-order valence-corrected chi connectivity index (χ0v) is 50.4. The molecule has 0 aromatic rings. The number of amides is 1. The van der Waals surface area contributed by atoms with Crippen LogP contribution < -0.4 is 10.2 Å². The summed E-state index contributed by atoms with van der Waals surface area (Å²) in [5.74, 6) is -0.212. The standard InChI is InChI=1S/C65H123N2O6P/c1-6-8-10-12-14-16-18-20-22-24-26-28-30-32-33-35-37-39-41-43-45-47-49-51-53-55-57-59-65(69)66-63(62-73-74(70,71)72-61-60-67(3,4)5)64(68)58-56-54-52-50-48-46-44-42-40-38-36-34-31-29-27-25-23-21-19-17-15-13-11-9-7-2/h26,28,32-33,40,42,48,50,56,58,63-64,68H,6-25,27,29-31,34-39,41,43-47,49,51-55,57,59-62H2,1-5H3,(H-,66,69,70,71)/b28-26-,33-32-,42-40+,50-48+,58-56+. The summed E-state index contributed by atoms with van der Waals surface area (Å²) in [6.07, 6.45) is 76.1. The number of allylic oxidation sites excluding steroid dienone is 9. The predicted molar refractivity (Wildman–Crippen MR) is 321 cm³/mol. The Kier molecular flexibility index (Phi) is 54.6. The van der Waals surface area contributed by atoms with Crippen LogP contribution in [0.1, 0.15) is 296 Å². The van der Waals surface area contributed by atoms with Crippen LogP contribution in [-0.2, 0) is 18.4 Å². The van der Waals surface area contributed by atoms with E-state index in [1.165, 1.54) is 225 Å². The Bertz CT molecular complexity index is 1390. The number of carbonyl (C=O) groups excluding carboxylic acids is 1. The van der Waals surface area contributed by atoms with E-state index in [0.717, 1.165) is 51.4 Å². The van der Waals surface area contributed by atoms with Crippen molar-refractivity contribution in [1.29, 1.82) is 0 Å². The Labute approximate surface area is 460 Å². The van der Waals surface area contributed by atoms with E-state index >= 15 is 0 Å². The molecule has 0 aromatic carbocycles. The van der Waals surface area contributed by atoms with Crippen LogP contribution in [0.2, 0.25) is 0 Å². The van der Waals surface area contributed by atoms with Gasteiger partial charge in [-0.15, -0.1) is 0 Å². The average molecular weight is 1060 g/mol. The smallest absolute Gasteiger partial charge is 0.268 e. The van der Waals surface area contributed by atoms with E-state index in [2.05, 4.69) is 67.8 Å². The summed E-state index contributed by atoms with van der Waals surface area (Å²) in [7, 11) is 1.24. The summed E-state index contributed by atoms with van der Waals surface area (Å²) < 4.78 is 23.4. The first-order valence-corrected chi connectivity index (χ1v) is 33.1. The van der Waals surface area contributed by atoms with Crippen molar-refractivity contribution in [3.8, 4) is 0 Å². The van der Waals surface area contributed by atoms with Crippen LogP contribution in [0.5, 0.6) is 0 Å². The van der Waals surface area contributed by atoms with Gasteiger partial charge in [0.05, 0.1) is 39.9 Å². The highest BCUT2D eigenvalue weighted by Gasteiger charge is 2.23. The van der Waals surface area contributed by atoms with Gasteiger partial charge in [-0.25, -0.2) is 0 Å². The highest BCUT2D eigenvalue weighted by Crippen LogP contribution is 2.38. The number of phosphoric acid groups is 1. The summed E-state index contributed by atoms with van der Waals surface area (Å²) in [5, 5.41) is 13.9. The van der Waals surface area contributed by atoms with Crippen LogP contribution >= 0.6 is 7.82 Å². The normalized spacial score (nSPS) is 14.2. The molecule has 8 nitrogen and oxygen atoms in total. The molecule has 434 valence electrons. The minimum absolute atomic E-state index is 0.0107. The Morgan fingerprint density at radius 2 is 0.797 bits per heavy atom. The van der Waals surface area contributed by atoms with E-state index in [0.29, 0.717) is 17.4 Å². The number of likely N-dealkylation sites (N-methyl/N-ethyl adjacent to an activating group) is 1. The van der Waals surface area contributed by atoms with Gasteiger partial charge in [0.1, 0.15) is 13.2 Å². The second-order valence-electron chi connectivity index (χ2n) is 22.7. The molecule has 0 bridgehead atoms. The number of aliphatic hydroxyl groups excluding tert-OH is 1. The lowest BCUT2D eigenvalue weighted by Crippen LogP contribution is -2.45. The van der Waals surface area contributed by atoms with Crippen molar-refractivity contribution in [2.75, 3.05) is 40.9 Å². The van der Waals surface area contributed by atoms with Crippen molar-refractivity contribution < 1.29 is 32.9 Å². The van der Waals surface area contributed by atoms with Gasteiger partial charge in [-0.2, -0.15) is 0 Å². The molecule has 3 atom stereocenters. The molecule has 0 fully saturated rings. The highest BCUT2D eigenvalue weighted by atomic mass is 31.2. The molecule has 0 aliphatic carbocycles. The van der Waals surface area contributed by atoms with Crippen molar-refractivity contribution in [2.45, 2.75) is 309 Å². The molecule has 0 spiro atoms. The Morgan fingerprint density at radius 1 is 0.473 bits per heavy atom. The minimum Gasteiger partial charge on any atom is -0.756 e. The first-order valence-electron chi connectivity index (χ1n) is 31.7. The summed E-state index contributed by atoms with van der Waals surface area (Å²) in [5.41, 5.74) is 0. The van der Waals surface area contributed by atoms with Gasteiger partial charge in [0.2, 0.25) is 5.91 Å². The van der Waals surface area contributed by atoms with Gasteiger partial charge in [0.15, 0.2) is 0 Å². The van der Waals surface area contributed by atoms with Gasteiger partial charge in [-0.05, 0) is 77.0 Å². The van der Waals surface area contributed by atoms with E-state index in [1.54, 1.807) is 6.08 Å². The SMILES string of the molecule is CCCCCCCCCCC/C=C\C/C=C\CCCCCCCCCCCCCC(=O)NC(COP(=O)([O-])OCC[N+](C)(C)C)C(O)/C=C/CC/C=C/CC/C=C/CCCCCCCCCCCCCCCCC. The molecule has 0 aliphatic heterocycles. The van der Waals surface area contributed by atoms with Crippen LogP contribution in [0, 0.1) is 0 Å². The summed E-state index contributed by atoms with van der Waals surface area (Å²) in [4.78, 5) is 25.6. The molecule has 1 amide bonds. The zero-order chi connectivity index (χ0) is 54.2. The number of carbonyl (C=O) groups is 1. The fraction of sp³-hybridized carbons (Fsp3) is 0.831. The molecule has 0 radical (unpaired) electrons. The van der Waals surface area contributed by atoms with Crippen molar-refractivity contribution in [2.24, 2.45) is 0 Å². The minimum atomic E-state index is -4.62. The van der Waals surface area contributed by atoms with E-state index in [1.807, 2.05) is 27.2 Å². The molecule has 0 aromatic heterocycles. The van der Waals surface area contributed by atoms with Crippen LogP contribution in [0.3, 0.4) is 0 Å². The lowest BCUT2D eigenvalue weighted by Gasteiger charge is -2.29. The van der Waals surface area contributed by atoms with E-state index < -0.39 is 26.6 Å². The third kappa shape index (κ3) is 57.9. The van der Waals surface area contributed by atoms with E-state index in [4.69, 9.17) is 9.05 Å². The maximum atomic E-state index is 13.0. The third-order valence-corrected chi connectivity index (χ3v) is 15.1. The topological polar surface area (TPSA) is 108 Å². The fourth-order valence-electron chi connectivity index (χ4n) is 9.22. The Balaban J connectivity index is 4.22. The molecule has 74 heavy (non-hydrogen) atoms. The van der Waals surface area contributed by atoms with Gasteiger partial charge in [-0.3, -0.25) is 9.36 Å². The molecule has 3 unspecified atom stereocenters. The first kappa shape index (κ1) is 72.2. The lowest BCUT2D eigenvalue weighted by atomic mass is 10.0. The van der Waals surface area contributed by atoms with Crippen molar-refractivity contribution in [3.63, 3.8) is 0 Å². The van der Waals surface area contributed by atoms with Gasteiger partial charge in [0, 0.05) is 6.42 Å².